The van der Waals surface area contributed by atoms with Gasteiger partial charge in [-0.3, -0.25) is 0 Å². The highest BCUT2D eigenvalue weighted by molar-refractivity contribution is 14.0. The Morgan fingerprint density at radius 2 is 1.89 bits per heavy atom. The van der Waals surface area contributed by atoms with E-state index in [1.807, 2.05) is 12.1 Å². The standard InChI is InChI=1S/C19H31N3O4.HI/c1-6-20-19(22(2)12-14-7-8-26-13-14)21-11-16-17(24-4)9-15(23-3)10-18(16)25-5;/h9-10,14H,6-8,11-13H2,1-5H3,(H,20,21);1H. The molecule has 0 aliphatic carbocycles. The van der Waals surface area contributed by atoms with E-state index in [2.05, 4.69) is 24.2 Å². The molecule has 1 heterocycles. The highest BCUT2D eigenvalue weighted by Crippen LogP contribution is 2.34. The van der Waals surface area contributed by atoms with Crippen molar-refractivity contribution < 1.29 is 18.9 Å². The number of benzene rings is 1. The first-order chi connectivity index (χ1) is 12.6. The Bertz CT molecular complexity index is 582. The molecule has 1 fully saturated rings. The maximum absolute atomic E-state index is 5.51. The number of guanidine groups is 1. The van der Waals surface area contributed by atoms with Gasteiger partial charge in [-0.05, 0) is 13.3 Å². The van der Waals surface area contributed by atoms with E-state index < -0.39 is 0 Å². The maximum atomic E-state index is 5.51. The number of ether oxygens (including phenoxy) is 4. The van der Waals surface area contributed by atoms with Crippen LogP contribution in [-0.4, -0.2) is 65.5 Å². The van der Waals surface area contributed by atoms with Crippen LogP contribution in [0.2, 0.25) is 0 Å². The van der Waals surface area contributed by atoms with Crippen molar-refractivity contribution in [2.45, 2.75) is 19.9 Å². The van der Waals surface area contributed by atoms with Gasteiger partial charge in [-0.15, -0.1) is 24.0 Å². The van der Waals surface area contributed by atoms with E-state index in [0.29, 0.717) is 29.7 Å². The number of nitrogens with zero attached hydrogens (tertiary/aromatic N) is 2. The van der Waals surface area contributed by atoms with Gasteiger partial charge in [0.05, 0.1) is 40.0 Å². The summed E-state index contributed by atoms with van der Waals surface area (Å²) in [6, 6.07) is 3.69. The molecular formula is C19H32IN3O4. The Morgan fingerprint density at radius 1 is 1.22 bits per heavy atom. The fourth-order valence-electron chi connectivity index (χ4n) is 3.06. The molecule has 2 rings (SSSR count). The van der Waals surface area contributed by atoms with Gasteiger partial charge < -0.3 is 29.2 Å². The number of aliphatic imine (C=N–C) groups is 1. The maximum Gasteiger partial charge on any atom is 0.194 e. The van der Waals surface area contributed by atoms with Gasteiger partial charge in [0.1, 0.15) is 17.2 Å². The number of halogens is 1. The van der Waals surface area contributed by atoms with Crippen LogP contribution in [0.15, 0.2) is 17.1 Å². The van der Waals surface area contributed by atoms with Gasteiger partial charge in [-0.1, -0.05) is 0 Å². The largest absolute Gasteiger partial charge is 0.496 e. The van der Waals surface area contributed by atoms with Crippen molar-refractivity contribution in [1.82, 2.24) is 10.2 Å². The number of hydrogen-bond donors (Lipinski definition) is 1. The normalized spacial score (nSPS) is 16.5. The molecular weight excluding hydrogens is 461 g/mol. The molecule has 1 aromatic carbocycles. The average Bonchev–Trinajstić information content (AvgIpc) is 3.17. The van der Waals surface area contributed by atoms with Gasteiger partial charge in [-0.2, -0.15) is 0 Å². The first-order valence-electron chi connectivity index (χ1n) is 8.99. The Kier molecular flexibility index (Phi) is 10.6. The molecule has 0 aromatic heterocycles. The lowest BCUT2D eigenvalue weighted by Gasteiger charge is -2.24. The summed E-state index contributed by atoms with van der Waals surface area (Å²) >= 11 is 0. The van der Waals surface area contributed by atoms with Crippen LogP contribution in [0.3, 0.4) is 0 Å². The van der Waals surface area contributed by atoms with Gasteiger partial charge in [0, 0.05) is 44.8 Å². The minimum atomic E-state index is 0. The molecule has 1 aliphatic rings. The third-order valence-corrected chi connectivity index (χ3v) is 4.46. The van der Waals surface area contributed by atoms with Gasteiger partial charge in [0.2, 0.25) is 0 Å². The summed E-state index contributed by atoms with van der Waals surface area (Å²) in [5.41, 5.74) is 0.892. The Balaban J connectivity index is 0.00000364. The lowest BCUT2D eigenvalue weighted by molar-refractivity contribution is 0.181. The smallest absolute Gasteiger partial charge is 0.194 e. The summed E-state index contributed by atoms with van der Waals surface area (Å²) < 4.78 is 21.8. The molecule has 8 heteroatoms. The number of rotatable bonds is 8. The van der Waals surface area contributed by atoms with E-state index in [9.17, 15) is 0 Å². The van der Waals surface area contributed by atoms with E-state index in [1.165, 1.54) is 0 Å². The van der Waals surface area contributed by atoms with Gasteiger partial charge in [-0.25, -0.2) is 4.99 Å². The van der Waals surface area contributed by atoms with Gasteiger partial charge in [0.15, 0.2) is 5.96 Å². The Hall–Kier alpha value is -1.42. The lowest BCUT2D eigenvalue weighted by atomic mass is 10.1. The molecule has 0 amide bonds. The van der Waals surface area contributed by atoms with Crippen LogP contribution in [0.1, 0.15) is 18.9 Å². The molecule has 1 saturated heterocycles. The second-order valence-electron chi connectivity index (χ2n) is 6.29. The molecule has 7 nitrogen and oxygen atoms in total. The number of nitrogens with one attached hydrogen (secondary N) is 1. The average molecular weight is 493 g/mol. The molecule has 1 aliphatic heterocycles. The number of methoxy groups -OCH3 is 3. The van der Waals surface area contributed by atoms with Crippen molar-refractivity contribution in [2.75, 3.05) is 54.7 Å². The van der Waals surface area contributed by atoms with Crippen molar-refractivity contribution in [1.29, 1.82) is 0 Å². The minimum absolute atomic E-state index is 0. The van der Waals surface area contributed by atoms with Crippen molar-refractivity contribution in [3.8, 4) is 17.2 Å². The highest BCUT2D eigenvalue weighted by atomic mass is 127. The minimum Gasteiger partial charge on any atom is -0.496 e. The van der Waals surface area contributed by atoms with Crippen LogP contribution < -0.4 is 19.5 Å². The van der Waals surface area contributed by atoms with E-state index in [0.717, 1.165) is 44.2 Å². The van der Waals surface area contributed by atoms with Crippen LogP contribution in [0.5, 0.6) is 17.2 Å². The zero-order valence-corrected chi connectivity index (χ0v) is 19.2. The third kappa shape index (κ3) is 6.60. The number of hydrogen-bond acceptors (Lipinski definition) is 5. The van der Waals surface area contributed by atoms with E-state index in [-0.39, 0.29) is 24.0 Å². The van der Waals surface area contributed by atoms with Crippen LogP contribution >= 0.6 is 24.0 Å². The zero-order chi connectivity index (χ0) is 18.9. The van der Waals surface area contributed by atoms with Gasteiger partial charge in [0.25, 0.3) is 0 Å². The van der Waals surface area contributed by atoms with Crippen LogP contribution in [0.25, 0.3) is 0 Å². The molecule has 0 saturated carbocycles. The Labute approximate surface area is 179 Å². The SMILES string of the molecule is CCNC(=NCc1c(OC)cc(OC)cc1OC)N(C)CC1CCOC1.I. The van der Waals surface area contributed by atoms with E-state index in [4.69, 9.17) is 23.9 Å². The Morgan fingerprint density at radius 3 is 2.37 bits per heavy atom. The summed E-state index contributed by atoms with van der Waals surface area (Å²) in [5.74, 6) is 3.50. The molecule has 0 bridgehead atoms. The second kappa shape index (κ2) is 12.1. The fraction of sp³-hybridized carbons (Fsp3) is 0.632. The van der Waals surface area contributed by atoms with Crippen LogP contribution in [0.4, 0.5) is 0 Å². The fourth-order valence-corrected chi connectivity index (χ4v) is 3.06. The van der Waals surface area contributed by atoms with E-state index >= 15 is 0 Å². The van der Waals surface area contributed by atoms with Gasteiger partial charge >= 0.3 is 0 Å². The summed E-state index contributed by atoms with van der Waals surface area (Å²) in [4.78, 5) is 6.95. The summed E-state index contributed by atoms with van der Waals surface area (Å²) in [6.07, 6.45) is 1.10. The van der Waals surface area contributed by atoms with Crippen LogP contribution in [-0.2, 0) is 11.3 Å². The predicted octanol–water partition coefficient (Wildman–Crippen LogP) is 2.76. The highest BCUT2D eigenvalue weighted by Gasteiger charge is 2.19. The molecule has 27 heavy (non-hydrogen) atoms. The van der Waals surface area contributed by atoms with Crippen molar-refractivity contribution >= 4 is 29.9 Å². The topological polar surface area (TPSA) is 64.6 Å². The second-order valence-corrected chi connectivity index (χ2v) is 6.29. The first kappa shape index (κ1) is 23.6. The first-order valence-corrected chi connectivity index (χ1v) is 8.99. The summed E-state index contributed by atoms with van der Waals surface area (Å²) in [7, 11) is 6.96. The zero-order valence-electron chi connectivity index (χ0n) is 16.9. The molecule has 1 atom stereocenters. The molecule has 1 N–H and O–H groups in total. The molecule has 0 spiro atoms. The molecule has 1 aromatic rings. The predicted molar refractivity (Wildman–Crippen MR) is 118 cm³/mol. The monoisotopic (exact) mass is 493 g/mol. The summed E-state index contributed by atoms with van der Waals surface area (Å²) in [6.45, 7) is 5.92. The lowest BCUT2D eigenvalue weighted by Crippen LogP contribution is -2.41. The van der Waals surface area contributed by atoms with Crippen molar-refractivity contribution in [2.24, 2.45) is 10.9 Å². The molecule has 154 valence electrons. The molecule has 1 unspecified atom stereocenters. The van der Waals surface area contributed by atoms with Crippen LogP contribution in [0, 0.1) is 5.92 Å². The van der Waals surface area contributed by atoms with Crippen molar-refractivity contribution in [3.05, 3.63) is 17.7 Å². The van der Waals surface area contributed by atoms with E-state index in [1.54, 1.807) is 21.3 Å². The molecule has 0 radical (unpaired) electrons. The van der Waals surface area contributed by atoms with Crippen molar-refractivity contribution in [3.63, 3.8) is 0 Å². The third-order valence-electron chi connectivity index (χ3n) is 4.46. The summed E-state index contributed by atoms with van der Waals surface area (Å²) in [5, 5.41) is 3.35. The quantitative estimate of drug-likeness (QED) is 0.342.